The van der Waals surface area contributed by atoms with Gasteiger partial charge in [-0.1, -0.05) is 53.5 Å². The van der Waals surface area contributed by atoms with Crippen LogP contribution in [0.25, 0.3) is 21.8 Å². The molecule has 0 saturated carbocycles. The van der Waals surface area contributed by atoms with E-state index in [0.29, 0.717) is 23.0 Å². The van der Waals surface area contributed by atoms with Crippen molar-refractivity contribution >= 4 is 40.2 Å². The number of halogens is 2. The van der Waals surface area contributed by atoms with E-state index in [1.54, 1.807) is 17.0 Å². The molecule has 0 spiro atoms. The van der Waals surface area contributed by atoms with Crippen molar-refractivity contribution in [1.82, 2.24) is 14.5 Å². The number of rotatable bonds is 5. The van der Waals surface area contributed by atoms with E-state index in [1.807, 2.05) is 35.7 Å². The van der Waals surface area contributed by atoms with Crippen LogP contribution >= 0.6 is 34.5 Å². The lowest BCUT2D eigenvalue weighted by molar-refractivity contribution is -0.384. The van der Waals surface area contributed by atoms with Gasteiger partial charge in [-0.2, -0.15) is 0 Å². The molecule has 2 heterocycles. The fourth-order valence-electron chi connectivity index (χ4n) is 2.77. The third-order valence-corrected chi connectivity index (χ3v) is 5.78. The molecule has 9 heteroatoms. The number of nitro benzene ring substituents is 1. The summed E-state index contributed by atoms with van der Waals surface area (Å²) in [6, 6.07) is 14.4. The zero-order valence-electron chi connectivity index (χ0n) is 14.3. The molecule has 0 fully saturated rings. The average Bonchev–Trinajstić information content (AvgIpc) is 3.31. The molecule has 2 aromatic carbocycles. The summed E-state index contributed by atoms with van der Waals surface area (Å²) in [4.78, 5) is 19.2. The van der Waals surface area contributed by atoms with Gasteiger partial charge < -0.3 is 4.57 Å². The average molecular weight is 431 g/mol. The lowest BCUT2D eigenvalue weighted by atomic mass is 10.1. The lowest BCUT2D eigenvalue weighted by Gasteiger charge is -2.06. The van der Waals surface area contributed by atoms with Crippen LogP contribution in [0.1, 0.15) is 5.56 Å². The normalized spacial score (nSPS) is 10.9. The standard InChI is InChI=1S/C19H12Cl2N4O2S/c20-17-18(21)24(11-22-17)9-12-3-1-5-14(7-12)19-23-16(10-28-19)13-4-2-6-15(8-13)25(26)27/h1-8,10-11H,9H2. The van der Waals surface area contributed by atoms with E-state index in [-0.39, 0.29) is 10.8 Å². The first-order valence-electron chi connectivity index (χ1n) is 8.17. The predicted octanol–water partition coefficient (Wildman–Crippen LogP) is 5.94. The Balaban J connectivity index is 1.61. The van der Waals surface area contributed by atoms with Crippen molar-refractivity contribution in [2.24, 2.45) is 0 Å². The molecule has 0 saturated heterocycles. The molecule has 2 aromatic heterocycles. The lowest BCUT2D eigenvalue weighted by Crippen LogP contribution is -1.98. The van der Waals surface area contributed by atoms with Crippen LogP contribution in [0.2, 0.25) is 10.3 Å². The van der Waals surface area contributed by atoms with Gasteiger partial charge in [0.05, 0.1) is 16.9 Å². The van der Waals surface area contributed by atoms with Crippen molar-refractivity contribution in [2.75, 3.05) is 0 Å². The third kappa shape index (κ3) is 3.77. The van der Waals surface area contributed by atoms with Gasteiger partial charge in [0.15, 0.2) is 5.15 Å². The van der Waals surface area contributed by atoms with Crippen LogP contribution in [-0.4, -0.2) is 19.5 Å². The number of hydrogen-bond acceptors (Lipinski definition) is 5. The summed E-state index contributed by atoms with van der Waals surface area (Å²) in [6.45, 7) is 0.537. The van der Waals surface area contributed by atoms with Crippen molar-refractivity contribution in [1.29, 1.82) is 0 Å². The molecular formula is C19H12Cl2N4O2S. The van der Waals surface area contributed by atoms with Gasteiger partial charge in [0.1, 0.15) is 10.2 Å². The van der Waals surface area contributed by atoms with Crippen LogP contribution in [0.15, 0.2) is 60.2 Å². The van der Waals surface area contributed by atoms with Gasteiger partial charge in [-0.3, -0.25) is 10.1 Å². The van der Waals surface area contributed by atoms with Crippen LogP contribution in [0.5, 0.6) is 0 Å². The third-order valence-electron chi connectivity index (χ3n) is 4.12. The molecule has 6 nitrogen and oxygen atoms in total. The minimum Gasteiger partial charge on any atom is -0.316 e. The number of nitro groups is 1. The van der Waals surface area contributed by atoms with Gasteiger partial charge in [-0.25, -0.2) is 9.97 Å². The second-order valence-electron chi connectivity index (χ2n) is 6.00. The molecule has 0 bridgehead atoms. The van der Waals surface area contributed by atoms with E-state index in [1.165, 1.54) is 23.5 Å². The molecule has 0 radical (unpaired) electrons. The zero-order valence-corrected chi connectivity index (χ0v) is 16.6. The maximum Gasteiger partial charge on any atom is 0.270 e. The van der Waals surface area contributed by atoms with E-state index in [2.05, 4.69) is 9.97 Å². The molecule has 28 heavy (non-hydrogen) atoms. The molecule has 0 atom stereocenters. The van der Waals surface area contributed by atoms with Crippen molar-refractivity contribution in [3.63, 3.8) is 0 Å². The number of imidazole rings is 1. The summed E-state index contributed by atoms with van der Waals surface area (Å²) in [7, 11) is 0. The van der Waals surface area contributed by atoms with Gasteiger partial charge in [0.2, 0.25) is 0 Å². The highest BCUT2D eigenvalue weighted by molar-refractivity contribution is 7.13. The Kier molecular flexibility index (Phi) is 5.13. The minimum absolute atomic E-state index is 0.0462. The second kappa shape index (κ2) is 7.71. The molecule has 0 amide bonds. The Morgan fingerprint density at radius 2 is 1.89 bits per heavy atom. The first-order valence-corrected chi connectivity index (χ1v) is 9.80. The maximum atomic E-state index is 11.0. The first-order chi connectivity index (χ1) is 13.5. The van der Waals surface area contributed by atoms with Crippen LogP contribution in [-0.2, 0) is 6.54 Å². The molecule has 4 aromatic rings. The molecule has 4 rings (SSSR count). The van der Waals surface area contributed by atoms with Gasteiger partial charge in [0.25, 0.3) is 5.69 Å². The SMILES string of the molecule is O=[N+]([O-])c1cccc(-c2csc(-c3cccc(Cn4cnc(Cl)c4Cl)c3)n2)c1. The fraction of sp³-hybridized carbons (Fsp3) is 0.0526. The van der Waals surface area contributed by atoms with Gasteiger partial charge in [0, 0.05) is 35.2 Å². The van der Waals surface area contributed by atoms with Crippen LogP contribution < -0.4 is 0 Å². The molecule has 0 unspecified atom stereocenters. The fourth-order valence-corrected chi connectivity index (χ4v) is 3.90. The largest absolute Gasteiger partial charge is 0.316 e. The summed E-state index contributed by atoms with van der Waals surface area (Å²) in [5, 5.41) is 14.4. The summed E-state index contributed by atoms with van der Waals surface area (Å²) < 4.78 is 1.76. The molecule has 0 aliphatic carbocycles. The number of hydrogen-bond donors (Lipinski definition) is 0. The summed E-state index contributed by atoms with van der Waals surface area (Å²) in [5.41, 5.74) is 3.46. The molecule has 140 valence electrons. The van der Waals surface area contributed by atoms with Crippen LogP contribution in [0.4, 0.5) is 5.69 Å². The highest BCUT2D eigenvalue weighted by Gasteiger charge is 2.12. The minimum atomic E-state index is -0.409. The van der Waals surface area contributed by atoms with E-state index in [4.69, 9.17) is 23.2 Å². The Morgan fingerprint density at radius 1 is 1.11 bits per heavy atom. The van der Waals surface area contributed by atoms with Gasteiger partial charge in [-0.15, -0.1) is 11.3 Å². The van der Waals surface area contributed by atoms with E-state index >= 15 is 0 Å². The van der Waals surface area contributed by atoms with Crippen molar-refractivity contribution in [3.05, 3.63) is 86.2 Å². The Morgan fingerprint density at radius 3 is 2.64 bits per heavy atom. The number of aromatic nitrogens is 3. The smallest absolute Gasteiger partial charge is 0.270 e. The van der Waals surface area contributed by atoms with E-state index < -0.39 is 4.92 Å². The number of thiazole rings is 1. The maximum absolute atomic E-state index is 11.0. The van der Waals surface area contributed by atoms with E-state index in [9.17, 15) is 10.1 Å². The summed E-state index contributed by atoms with van der Waals surface area (Å²) in [5.74, 6) is 0. The Bertz CT molecular complexity index is 1170. The second-order valence-corrected chi connectivity index (χ2v) is 7.57. The van der Waals surface area contributed by atoms with Crippen molar-refractivity contribution in [2.45, 2.75) is 6.54 Å². The molecule has 0 aliphatic heterocycles. The molecular weight excluding hydrogens is 419 g/mol. The van der Waals surface area contributed by atoms with Crippen LogP contribution in [0, 0.1) is 10.1 Å². The number of non-ortho nitro benzene ring substituents is 1. The quantitative estimate of drug-likeness (QED) is 0.290. The first kappa shape index (κ1) is 18.6. The Hall–Kier alpha value is -2.74. The highest BCUT2D eigenvalue weighted by atomic mass is 35.5. The molecule has 0 aliphatic rings. The predicted molar refractivity (Wildman–Crippen MR) is 111 cm³/mol. The summed E-state index contributed by atoms with van der Waals surface area (Å²) in [6.07, 6.45) is 1.60. The van der Waals surface area contributed by atoms with Gasteiger partial charge in [-0.05, 0) is 11.6 Å². The Labute approximate surface area is 174 Å². The van der Waals surface area contributed by atoms with E-state index in [0.717, 1.165) is 16.1 Å². The monoisotopic (exact) mass is 430 g/mol. The highest BCUT2D eigenvalue weighted by Crippen LogP contribution is 2.31. The van der Waals surface area contributed by atoms with Crippen LogP contribution in [0.3, 0.4) is 0 Å². The number of benzene rings is 2. The topological polar surface area (TPSA) is 73.8 Å². The summed E-state index contributed by atoms with van der Waals surface area (Å²) >= 11 is 13.5. The molecule has 0 N–H and O–H groups in total. The van der Waals surface area contributed by atoms with Crippen molar-refractivity contribution in [3.8, 4) is 21.8 Å². The van der Waals surface area contributed by atoms with Gasteiger partial charge >= 0.3 is 0 Å². The zero-order chi connectivity index (χ0) is 19.7. The van der Waals surface area contributed by atoms with Crippen molar-refractivity contribution < 1.29 is 4.92 Å². The number of nitrogens with zero attached hydrogens (tertiary/aromatic N) is 4.